The van der Waals surface area contributed by atoms with Crippen LogP contribution in [0.2, 0.25) is 0 Å². The molecule has 20 heavy (non-hydrogen) atoms. The largest absolute Gasteiger partial charge is 0.274 e. The van der Waals surface area contributed by atoms with Crippen LogP contribution < -0.4 is 0 Å². The normalized spacial score (nSPS) is 26.3. The number of rotatable bonds is 2. The first kappa shape index (κ1) is 10.3. The van der Waals surface area contributed by atoms with Crippen LogP contribution in [0.25, 0.3) is 11.5 Å². The van der Waals surface area contributed by atoms with Crippen molar-refractivity contribution in [2.24, 2.45) is 5.92 Å². The Hall–Kier alpha value is -2.50. The van der Waals surface area contributed by atoms with Gasteiger partial charge in [-0.05, 0) is 29.0 Å². The van der Waals surface area contributed by atoms with Gasteiger partial charge in [0.25, 0.3) is 0 Å². The number of fused-ring (bicyclic) bond motifs is 3. The van der Waals surface area contributed by atoms with Gasteiger partial charge in [-0.3, -0.25) is 5.10 Å². The van der Waals surface area contributed by atoms with Crippen LogP contribution in [-0.4, -0.2) is 30.8 Å². The van der Waals surface area contributed by atoms with Crippen molar-refractivity contribution in [3.05, 3.63) is 47.2 Å². The van der Waals surface area contributed by atoms with Crippen LogP contribution in [0, 0.1) is 5.92 Å². The number of nitrogens with one attached hydrogen (secondary N) is 2. The van der Waals surface area contributed by atoms with Crippen LogP contribution in [-0.2, 0) is 6.42 Å². The number of aromatic amines is 2. The first-order chi connectivity index (χ1) is 9.93. The molecule has 2 aromatic heterocycles. The van der Waals surface area contributed by atoms with Gasteiger partial charge < -0.3 is 0 Å². The van der Waals surface area contributed by atoms with Crippen LogP contribution in [0.1, 0.15) is 28.7 Å². The summed E-state index contributed by atoms with van der Waals surface area (Å²) in [6.07, 6.45) is 1.06. The maximum absolute atomic E-state index is 4.50. The highest BCUT2D eigenvalue weighted by Gasteiger charge is 2.58. The Labute approximate surface area is 114 Å². The molecular weight excluding hydrogens is 252 g/mol. The van der Waals surface area contributed by atoms with Gasteiger partial charge in [-0.1, -0.05) is 30.3 Å². The molecule has 2 heterocycles. The van der Waals surface area contributed by atoms with Gasteiger partial charge in [-0.2, -0.15) is 10.3 Å². The van der Waals surface area contributed by atoms with E-state index in [1.807, 2.05) is 0 Å². The lowest BCUT2D eigenvalue weighted by Crippen LogP contribution is -1.94. The highest BCUT2D eigenvalue weighted by Crippen LogP contribution is 2.66. The van der Waals surface area contributed by atoms with Crippen LogP contribution in [0.4, 0.5) is 0 Å². The Balaban J connectivity index is 1.52. The topological polar surface area (TPSA) is 83.1 Å². The summed E-state index contributed by atoms with van der Waals surface area (Å²) in [4.78, 5) is 0. The second kappa shape index (κ2) is 3.53. The molecule has 2 aliphatic carbocycles. The summed E-state index contributed by atoms with van der Waals surface area (Å²) in [6, 6.07) is 10.7. The zero-order valence-corrected chi connectivity index (χ0v) is 10.6. The van der Waals surface area contributed by atoms with E-state index < -0.39 is 0 Å². The molecule has 1 fully saturated rings. The third-order valence-electron chi connectivity index (χ3n) is 4.58. The molecule has 3 atom stereocenters. The van der Waals surface area contributed by atoms with Crippen molar-refractivity contribution in [3.8, 4) is 11.5 Å². The van der Waals surface area contributed by atoms with E-state index in [0.717, 1.165) is 12.1 Å². The van der Waals surface area contributed by atoms with Gasteiger partial charge >= 0.3 is 0 Å². The Morgan fingerprint density at radius 3 is 2.75 bits per heavy atom. The molecule has 0 saturated heterocycles. The third-order valence-corrected chi connectivity index (χ3v) is 4.58. The number of hydrogen-bond acceptors (Lipinski definition) is 4. The molecular formula is C14H12N6. The molecule has 2 aliphatic rings. The van der Waals surface area contributed by atoms with Gasteiger partial charge in [-0.15, -0.1) is 10.2 Å². The molecule has 1 saturated carbocycles. The lowest BCUT2D eigenvalue weighted by Gasteiger charge is -2.03. The second-order valence-corrected chi connectivity index (χ2v) is 5.53. The van der Waals surface area contributed by atoms with Crippen LogP contribution in [0.15, 0.2) is 30.3 Å². The predicted octanol–water partition coefficient (Wildman–Crippen LogP) is 1.64. The van der Waals surface area contributed by atoms with E-state index in [4.69, 9.17) is 0 Å². The first-order valence-corrected chi connectivity index (χ1v) is 6.79. The molecule has 98 valence electrons. The maximum Gasteiger partial charge on any atom is 0.222 e. The smallest absolute Gasteiger partial charge is 0.222 e. The molecule has 0 bridgehead atoms. The minimum atomic E-state index is 0.560. The van der Waals surface area contributed by atoms with E-state index in [1.54, 1.807) is 0 Å². The fraction of sp³-hybridized carbons (Fsp3) is 0.286. The molecule has 6 nitrogen and oxygen atoms in total. The van der Waals surface area contributed by atoms with E-state index in [2.05, 4.69) is 61.2 Å². The fourth-order valence-electron chi connectivity index (χ4n) is 3.68. The highest BCUT2D eigenvalue weighted by atomic mass is 15.5. The Kier molecular flexibility index (Phi) is 1.82. The van der Waals surface area contributed by atoms with Crippen molar-refractivity contribution in [1.29, 1.82) is 0 Å². The quantitative estimate of drug-likeness (QED) is 0.737. The average molecular weight is 264 g/mol. The highest BCUT2D eigenvalue weighted by molar-refractivity contribution is 5.61. The van der Waals surface area contributed by atoms with Crippen LogP contribution in [0.3, 0.4) is 0 Å². The molecule has 1 aromatic carbocycles. The molecule has 5 rings (SSSR count). The van der Waals surface area contributed by atoms with E-state index in [1.165, 1.54) is 16.8 Å². The lowest BCUT2D eigenvalue weighted by molar-refractivity contribution is 0.810. The van der Waals surface area contributed by atoms with Gasteiger partial charge in [0.15, 0.2) is 0 Å². The van der Waals surface area contributed by atoms with Crippen molar-refractivity contribution in [1.82, 2.24) is 30.8 Å². The minimum Gasteiger partial charge on any atom is -0.274 e. The Morgan fingerprint density at radius 1 is 1.05 bits per heavy atom. The standard InChI is InChI=1S/C14H12N6/c1-2-4-7(5-3-1)10-8-6-9-12(11(8)10)15-16-13(9)14-17-19-20-18-14/h1-5,8,10-11H,6H2,(H,15,16)(H,17,18,19,20)/t8-,10?,11+/m0/s1. The fourth-order valence-corrected chi connectivity index (χ4v) is 3.68. The van der Waals surface area contributed by atoms with Crippen LogP contribution >= 0.6 is 0 Å². The van der Waals surface area contributed by atoms with Gasteiger partial charge in [0, 0.05) is 11.5 Å². The summed E-state index contributed by atoms with van der Waals surface area (Å²) in [5.41, 5.74) is 4.82. The number of nitrogens with zero attached hydrogens (tertiary/aromatic N) is 4. The molecule has 3 aromatic rings. The molecule has 0 radical (unpaired) electrons. The molecule has 0 amide bonds. The Morgan fingerprint density at radius 2 is 1.95 bits per heavy atom. The number of aromatic nitrogens is 6. The van der Waals surface area contributed by atoms with Gasteiger partial charge in [0.05, 0.1) is 5.69 Å². The van der Waals surface area contributed by atoms with Crippen molar-refractivity contribution >= 4 is 0 Å². The van der Waals surface area contributed by atoms with E-state index in [0.29, 0.717) is 23.6 Å². The SMILES string of the molecule is c1ccc(C2[C@@H]3Cc4c(n[nH]c4-c4nn[nH]n4)[C@@H]23)cc1. The van der Waals surface area contributed by atoms with E-state index in [-0.39, 0.29) is 0 Å². The summed E-state index contributed by atoms with van der Waals surface area (Å²) in [7, 11) is 0. The second-order valence-electron chi connectivity index (χ2n) is 5.53. The summed E-state index contributed by atoms with van der Waals surface area (Å²) >= 11 is 0. The zero-order valence-electron chi connectivity index (χ0n) is 10.6. The van der Waals surface area contributed by atoms with E-state index in [9.17, 15) is 0 Å². The van der Waals surface area contributed by atoms with Crippen molar-refractivity contribution in [2.45, 2.75) is 18.3 Å². The maximum atomic E-state index is 4.50. The number of benzene rings is 1. The Bertz CT molecular complexity index is 760. The molecule has 6 heteroatoms. The first-order valence-electron chi connectivity index (χ1n) is 6.79. The lowest BCUT2D eigenvalue weighted by atomic mass is 10.0. The molecule has 0 spiro atoms. The monoisotopic (exact) mass is 264 g/mol. The van der Waals surface area contributed by atoms with Crippen LogP contribution in [0.5, 0.6) is 0 Å². The van der Waals surface area contributed by atoms with Crippen molar-refractivity contribution in [3.63, 3.8) is 0 Å². The van der Waals surface area contributed by atoms with Crippen molar-refractivity contribution in [2.75, 3.05) is 0 Å². The van der Waals surface area contributed by atoms with E-state index >= 15 is 0 Å². The molecule has 2 N–H and O–H groups in total. The summed E-state index contributed by atoms with van der Waals surface area (Å²) in [5.74, 6) is 2.49. The predicted molar refractivity (Wildman–Crippen MR) is 70.9 cm³/mol. The van der Waals surface area contributed by atoms with Gasteiger partial charge in [0.2, 0.25) is 5.82 Å². The molecule has 0 aliphatic heterocycles. The number of hydrogen-bond donors (Lipinski definition) is 2. The van der Waals surface area contributed by atoms with Crippen molar-refractivity contribution < 1.29 is 0 Å². The zero-order chi connectivity index (χ0) is 13.1. The summed E-state index contributed by atoms with van der Waals surface area (Å²) in [6.45, 7) is 0. The molecule has 1 unspecified atom stereocenters. The summed E-state index contributed by atoms with van der Waals surface area (Å²) < 4.78 is 0. The third kappa shape index (κ3) is 1.23. The van der Waals surface area contributed by atoms with Gasteiger partial charge in [-0.25, -0.2) is 0 Å². The minimum absolute atomic E-state index is 0.560. The number of H-pyrrole nitrogens is 2. The summed E-state index contributed by atoms with van der Waals surface area (Å²) in [5, 5.41) is 21.7. The van der Waals surface area contributed by atoms with Gasteiger partial charge in [0.1, 0.15) is 5.69 Å². The number of tetrazole rings is 1. The average Bonchev–Trinajstić information content (AvgIpc) is 2.92.